The number of aromatic nitrogens is 3. The molecule has 1 atom stereocenters. The number of fused-ring (bicyclic) bond motifs is 1. The van der Waals surface area contributed by atoms with Gasteiger partial charge in [-0.05, 0) is 37.5 Å². The van der Waals surface area contributed by atoms with Crippen LogP contribution in [0.3, 0.4) is 0 Å². The maximum atomic E-state index is 12.9. The van der Waals surface area contributed by atoms with Crippen LogP contribution >= 0.6 is 0 Å². The SMILES string of the molecule is CC(c1ccc2c(c1)OCCO2)N(C)C(=O)c1cn(C2CCCCC2)nn1. The highest BCUT2D eigenvalue weighted by atomic mass is 16.6. The first kappa shape index (κ1) is 17.8. The van der Waals surface area contributed by atoms with Crippen LogP contribution in [0.15, 0.2) is 24.4 Å². The molecule has 1 fully saturated rings. The molecule has 144 valence electrons. The van der Waals surface area contributed by atoms with Gasteiger partial charge in [-0.25, -0.2) is 4.68 Å². The second-order valence-electron chi connectivity index (χ2n) is 7.37. The third-order valence-corrected chi connectivity index (χ3v) is 5.63. The van der Waals surface area contributed by atoms with E-state index < -0.39 is 0 Å². The van der Waals surface area contributed by atoms with Gasteiger partial charge in [0, 0.05) is 7.05 Å². The monoisotopic (exact) mass is 370 g/mol. The summed E-state index contributed by atoms with van der Waals surface area (Å²) in [6.45, 7) is 3.11. The predicted molar refractivity (Wildman–Crippen MR) is 100 cm³/mol. The van der Waals surface area contributed by atoms with Crippen molar-refractivity contribution in [2.75, 3.05) is 20.3 Å². The lowest BCUT2D eigenvalue weighted by Crippen LogP contribution is -2.30. The van der Waals surface area contributed by atoms with E-state index in [1.54, 1.807) is 18.1 Å². The summed E-state index contributed by atoms with van der Waals surface area (Å²) in [6, 6.07) is 6.07. The molecule has 2 aliphatic rings. The second kappa shape index (κ2) is 7.58. The normalized spacial score (nSPS) is 18.1. The van der Waals surface area contributed by atoms with E-state index in [4.69, 9.17) is 9.47 Å². The molecule has 0 radical (unpaired) electrons. The average Bonchev–Trinajstić information content (AvgIpc) is 3.22. The highest BCUT2D eigenvalue weighted by molar-refractivity contribution is 5.92. The van der Waals surface area contributed by atoms with E-state index in [0.29, 0.717) is 24.9 Å². The summed E-state index contributed by atoms with van der Waals surface area (Å²) < 4.78 is 13.1. The highest BCUT2D eigenvalue weighted by Crippen LogP contribution is 2.34. The molecule has 1 aliphatic carbocycles. The zero-order chi connectivity index (χ0) is 18.8. The van der Waals surface area contributed by atoms with E-state index in [-0.39, 0.29) is 11.9 Å². The van der Waals surface area contributed by atoms with Gasteiger partial charge >= 0.3 is 0 Å². The fraction of sp³-hybridized carbons (Fsp3) is 0.550. The van der Waals surface area contributed by atoms with Gasteiger partial charge in [0.2, 0.25) is 0 Å². The van der Waals surface area contributed by atoms with Crippen molar-refractivity contribution in [1.82, 2.24) is 19.9 Å². The Morgan fingerprint density at radius 3 is 2.70 bits per heavy atom. The Labute approximate surface area is 159 Å². The van der Waals surface area contributed by atoms with Crippen molar-refractivity contribution in [2.24, 2.45) is 0 Å². The van der Waals surface area contributed by atoms with Gasteiger partial charge in [-0.3, -0.25) is 4.79 Å². The molecule has 4 rings (SSSR count). The first-order valence-corrected chi connectivity index (χ1v) is 9.72. The maximum Gasteiger partial charge on any atom is 0.276 e. The smallest absolute Gasteiger partial charge is 0.276 e. The summed E-state index contributed by atoms with van der Waals surface area (Å²) in [7, 11) is 1.80. The van der Waals surface area contributed by atoms with Crippen LogP contribution in [-0.2, 0) is 0 Å². The summed E-state index contributed by atoms with van der Waals surface area (Å²) in [5.41, 5.74) is 1.39. The zero-order valence-electron chi connectivity index (χ0n) is 15.9. The van der Waals surface area contributed by atoms with E-state index in [2.05, 4.69) is 10.3 Å². The van der Waals surface area contributed by atoms with Crippen molar-refractivity contribution in [2.45, 2.75) is 51.1 Å². The van der Waals surface area contributed by atoms with Crippen molar-refractivity contribution in [3.63, 3.8) is 0 Å². The minimum atomic E-state index is -0.126. The number of carbonyl (C=O) groups is 1. The molecule has 1 saturated carbocycles. The van der Waals surface area contributed by atoms with Gasteiger partial charge in [-0.2, -0.15) is 0 Å². The Hall–Kier alpha value is -2.57. The molecule has 2 heterocycles. The fourth-order valence-electron chi connectivity index (χ4n) is 3.80. The molecule has 1 aliphatic heterocycles. The quantitative estimate of drug-likeness (QED) is 0.825. The molecule has 0 bridgehead atoms. The standard InChI is InChI=1S/C20H26N4O3/c1-14(15-8-9-18-19(12-15)27-11-10-26-18)23(2)20(25)17-13-24(22-21-17)16-6-4-3-5-7-16/h8-9,12-14,16H,3-7,10-11H2,1-2H3. The van der Waals surface area contributed by atoms with Crippen LogP contribution in [0.2, 0.25) is 0 Å². The molecule has 0 spiro atoms. The first-order chi connectivity index (χ1) is 13.1. The molecule has 27 heavy (non-hydrogen) atoms. The molecule has 1 aromatic heterocycles. The minimum Gasteiger partial charge on any atom is -0.486 e. The molecule has 1 amide bonds. The number of hydrogen-bond acceptors (Lipinski definition) is 5. The Bertz CT molecular complexity index is 813. The van der Waals surface area contributed by atoms with Crippen LogP contribution in [-0.4, -0.2) is 46.1 Å². The second-order valence-corrected chi connectivity index (χ2v) is 7.37. The van der Waals surface area contributed by atoms with Crippen LogP contribution in [0, 0.1) is 0 Å². The van der Waals surface area contributed by atoms with Gasteiger partial charge in [-0.1, -0.05) is 30.5 Å². The third kappa shape index (κ3) is 3.63. The van der Waals surface area contributed by atoms with Crippen LogP contribution < -0.4 is 9.47 Å². The van der Waals surface area contributed by atoms with Crippen LogP contribution in [0.5, 0.6) is 11.5 Å². The summed E-state index contributed by atoms with van der Waals surface area (Å²) in [6.07, 6.45) is 7.74. The number of amides is 1. The number of hydrogen-bond donors (Lipinski definition) is 0. The topological polar surface area (TPSA) is 69.5 Å². The van der Waals surface area contributed by atoms with Crippen LogP contribution in [0.1, 0.15) is 67.2 Å². The lowest BCUT2D eigenvalue weighted by atomic mass is 9.96. The van der Waals surface area contributed by atoms with Crippen molar-refractivity contribution in [3.8, 4) is 11.5 Å². The molecule has 1 aromatic carbocycles. The lowest BCUT2D eigenvalue weighted by Gasteiger charge is -2.26. The molecule has 2 aromatic rings. The number of rotatable bonds is 4. The van der Waals surface area contributed by atoms with Gasteiger partial charge in [0.1, 0.15) is 13.2 Å². The molecular weight excluding hydrogens is 344 g/mol. The molecule has 0 N–H and O–H groups in total. The zero-order valence-corrected chi connectivity index (χ0v) is 15.9. The predicted octanol–water partition coefficient (Wildman–Crippen LogP) is 3.39. The van der Waals surface area contributed by atoms with Gasteiger partial charge in [-0.15, -0.1) is 5.10 Å². The molecule has 7 heteroatoms. The van der Waals surface area contributed by atoms with E-state index in [1.165, 1.54) is 19.3 Å². The largest absolute Gasteiger partial charge is 0.486 e. The van der Waals surface area contributed by atoms with E-state index in [9.17, 15) is 4.79 Å². The van der Waals surface area contributed by atoms with Crippen molar-refractivity contribution < 1.29 is 14.3 Å². The minimum absolute atomic E-state index is 0.117. The molecule has 0 saturated heterocycles. The van der Waals surface area contributed by atoms with Crippen LogP contribution in [0.4, 0.5) is 0 Å². The van der Waals surface area contributed by atoms with E-state index in [0.717, 1.165) is 29.9 Å². The van der Waals surface area contributed by atoms with Gasteiger partial charge in [0.25, 0.3) is 5.91 Å². The first-order valence-electron chi connectivity index (χ1n) is 9.72. The van der Waals surface area contributed by atoms with Gasteiger partial charge < -0.3 is 14.4 Å². The van der Waals surface area contributed by atoms with E-state index in [1.807, 2.05) is 29.8 Å². The number of carbonyl (C=O) groups excluding carboxylic acids is 1. The van der Waals surface area contributed by atoms with Gasteiger partial charge in [0.15, 0.2) is 17.2 Å². The highest BCUT2D eigenvalue weighted by Gasteiger charge is 2.25. The Balaban J connectivity index is 1.47. The Morgan fingerprint density at radius 1 is 1.19 bits per heavy atom. The third-order valence-electron chi connectivity index (χ3n) is 5.63. The number of ether oxygens (including phenoxy) is 2. The van der Waals surface area contributed by atoms with Crippen LogP contribution in [0.25, 0.3) is 0 Å². The van der Waals surface area contributed by atoms with Gasteiger partial charge in [0.05, 0.1) is 18.3 Å². The summed E-state index contributed by atoms with van der Waals surface area (Å²) in [5, 5.41) is 8.35. The average molecular weight is 370 g/mol. The van der Waals surface area contributed by atoms with Crippen molar-refractivity contribution in [1.29, 1.82) is 0 Å². The number of benzene rings is 1. The Morgan fingerprint density at radius 2 is 1.93 bits per heavy atom. The summed E-state index contributed by atoms with van der Waals surface area (Å²) in [4.78, 5) is 14.6. The fourth-order valence-corrected chi connectivity index (χ4v) is 3.80. The molecular formula is C20H26N4O3. The number of nitrogens with zero attached hydrogens (tertiary/aromatic N) is 4. The van der Waals surface area contributed by atoms with E-state index >= 15 is 0 Å². The Kier molecular flexibility index (Phi) is 5.01. The summed E-state index contributed by atoms with van der Waals surface area (Å²) >= 11 is 0. The maximum absolute atomic E-state index is 12.9. The molecule has 1 unspecified atom stereocenters. The van der Waals surface area contributed by atoms with Crippen molar-refractivity contribution in [3.05, 3.63) is 35.7 Å². The molecule has 7 nitrogen and oxygen atoms in total. The summed E-state index contributed by atoms with van der Waals surface area (Å²) in [5.74, 6) is 1.36. The lowest BCUT2D eigenvalue weighted by molar-refractivity contribution is 0.0736. The van der Waals surface area contributed by atoms with Crippen molar-refractivity contribution >= 4 is 5.91 Å².